The second kappa shape index (κ2) is 10.5. The smallest absolute Gasteiger partial charge is 0.322 e. The minimum atomic E-state index is -4.09. The SMILES string of the molecule is C[C@H](N)C(=O)OCC1(O)CC2CC[C@@H](C1)C2S(=O)(=O)c1cc(C(=O)Nc2cc(F)c(F)c(F)c2)ccc1Cl. The van der Waals surface area contributed by atoms with E-state index in [1.54, 1.807) is 0 Å². The average molecular weight is 575 g/mol. The number of hydrogen-bond donors (Lipinski definition) is 3. The molecule has 2 aliphatic rings. The molecule has 2 saturated carbocycles. The standard InChI is InChI=1S/C25H26ClF3N2O6S/c1-12(30)24(33)37-11-25(34)9-14-2-3-15(10-25)22(14)38(35,36)20-6-13(4-5-17(20)26)23(32)31-16-7-18(27)21(29)19(28)8-16/h4-8,12,14-15,22,34H,2-3,9-11,30H2,1H3,(H,31,32)/t12-,14-,15?,22?,25?/m0/s1. The lowest BCUT2D eigenvalue weighted by atomic mass is 9.77. The number of aliphatic hydroxyl groups is 1. The topological polar surface area (TPSA) is 136 Å². The van der Waals surface area contributed by atoms with Gasteiger partial charge in [-0.25, -0.2) is 21.6 Å². The van der Waals surface area contributed by atoms with Crippen LogP contribution in [0.15, 0.2) is 35.2 Å². The van der Waals surface area contributed by atoms with Crippen molar-refractivity contribution in [1.82, 2.24) is 0 Å². The van der Waals surface area contributed by atoms with Crippen molar-refractivity contribution in [3.05, 3.63) is 58.4 Å². The van der Waals surface area contributed by atoms with Gasteiger partial charge in [0, 0.05) is 23.4 Å². The van der Waals surface area contributed by atoms with Crippen molar-refractivity contribution in [2.24, 2.45) is 17.6 Å². The minimum absolute atomic E-state index is 0.0825. The Kier molecular flexibility index (Phi) is 7.81. The van der Waals surface area contributed by atoms with Crippen LogP contribution in [0.4, 0.5) is 18.9 Å². The Hall–Kier alpha value is -2.67. The van der Waals surface area contributed by atoms with E-state index in [1.165, 1.54) is 19.1 Å². The quantitative estimate of drug-likeness (QED) is 0.340. The summed E-state index contributed by atoms with van der Waals surface area (Å²) < 4.78 is 72.9. The summed E-state index contributed by atoms with van der Waals surface area (Å²) in [5.74, 6) is -7.15. The number of rotatable bonds is 7. The lowest BCUT2D eigenvalue weighted by Gasteiger charge is -2.40. The molecule has 1 amide bonds. The molecule has 0 spiro atoms. The van der Waals surface area contributed by atoms with Crippen LogP contribution in [-0.4, -0.2) is 48.9 Å². The summed E-state index contributed by atoms with van der Waals surface area (Å²) in [5.41, 5.74) is 3.58. The van der Waals surface area contributed by atoms with E-state index < -0.39 is 67.9 Å². The molecule has 4 rings (SSSR count). The average Bonchev–Trinajstić information content (AvgIpc) is 3.14. The molecule has 0 radical (unpaired) electrons. The molecule has 3 unspecified atom stereocenters. The highest BCUT2D eigenvalue weighted by Gasteiger charge is 2.54. The highest BCUT2D eigenvalue weighted by molar-refractivity contribution is 7.92. The van der Waals surface area contributed by atoms with Crippen molar-refractivity contribution < 1.29 is 41.0 Å². The highest BCUT2D eigenvalue weighted by atomic mass is 35.5. The number of anilines is 1. The first-order valence-electron chi connectivity index (χ1n) is 11.9. The van der Waals surface area contributed by atoms with Gasteiger partial charge in [-0.05, 0) is 62.6 Å². The maximum absolute atomic E-state index is 13.8. The molecule has 0 aliphatic heterocycles. The molecule has 0 aromatic heterocycles. The second-order valence-corrected chi connectivity index (χ2v) is 12.5. The molecule has 0 saturated heterocycles. The molecular weight excluding hydrogens is 549 g/mol. The molecule has 2 aliphatic carbocycles. The van der Waals surface area contributed by atoms with Gasteiger partial charge in [-0.15, -0.1) is 0 Å². The van der Waals surface area contributed by atoms with Crippen molar-refractivity contribution in [2.75, 3.05) is 11.9 Å². The maximum atomic E-state index is 13.8. The third-order valence-electron chi connectivity index (χ3n) is 7.08. The number of ether oxygens (including phenoxy) is 1. The number of esters is 1. The fraction of sp³-hybridized carbons (Fsp3) is 0.440. The van der Waals surface area contributed by atoms with Crippen molar-refractivity contribution in [1.29, 1.82) is 0 Å². The summed E-state index contributed by atoms with van der Waals surface area (Å²) in [5, 5.41) is 12.2. The van der Waals surface area contributed by atoms with Gasteiger partial charge in [-0.1, -0.05) is 11.6 Å². The van der Waals surface area contributed by atoms with E-state index in [2.05, 4.69) is 5.32 Å². The van der Waals surface area contributed by atoms with Crippen molar-refractivity contribution in [3.8, 4) is 0 Å². The van der Waals surface area contributed by atoms with Crippen LogP contribution in [0.25, 0.3) is 0 Å². The predicted molar refractivity (Wildman–Crippen MR) is 132 cm³/mol. The van der Waals surface area contributed by atoms with Gasteiger partial charge in [-0.2, -0.15) is 0 Å². The second-order valence-electron chi connectivity index (χ2n) is 9.99. The summed E-state index contributed by atoms with van der Waals surface area (Å²) in [6.45, 7) is 1.15. The van der Waals surface area contributed by atoms with Crippen LogP contribution in [0, 0.1) is 29.3 Å². The first-order valence-corrected chi connectivity index (χ1v) is 13.8. The molecule has 8 nitrogen and oxygen atoms in total. The van der Waals surface area contributed by atoms with E-state index in [0.29, 0.717) is 25.0 Å². The number of benzene rings is 2. The normalized spacial score (nSPS) is 25.6. The third-order valence-corrected chi connectivity index (χ3v) is 9.96. The molecule has 5 atom stereocenters. The molecule has 0 heterocycles. The van der Waals surface area contributed by atoms with Crippen molar-refractivity contribution in [2.45, 2.75) is 54.4 Å². The molecule has 13 heteroatoms. The zero-order chi connectivity index (χ0) is 28.0. The molecule has 2 aromatic rings. The number of sulfone groups is 1. The van der Waals surface area contributed by atoms with Crippen molar-refractivity contribution in [3.63, 3.8) is 0 Å². The number of nitrogens with one attached hydrogen (secondary N) is 1. The van der Waals surface area contributed by atoms with E-state index in [1.807, 2.05) is 0 Å². The van der Waals surface area contributed by atoms with Crippen LogP contribution in [0.1, 0.15) is 43.0 Å². The van der Waals surface area contributed by atoms with Crippen LogP contribution in [0.2, 0.25) is 5.02 Å². The third kappa shape index (κ3) is 5.54. The number of amides is 1. The summed E-state index contributed by atoms with van der Waals surface area (Å²) in [6.07, 6.45) is 1.22. The number of carbonyl (C=O) groups is 2. The number of carbonyl (C=O) groups excluding carboxylic acids is 2. The Balaban J connectivity index is 1.55. The molecular formula is C25H26ClF3N2O6S. The zero-order valence-corrected chi connectivity index (χ0v) is 21.8. The maximum Gasteiger partial charge on any atom is 0.322 e. The van der Waals surface area contributed by atoms with Crippen LogP contribution in [0.5, 0.6) is 0 Å². The minimum Gasteiger partial charge on any atom is -0.461 e. The largest absolute Gasteiger partial charge is 0.461 e. The number of hydrogen-bond acceptors (Lipinski definition) is 7. The van der Waals surface area contributed by atoms with E-state index >= 15 is 0 Å². The molecule has 2 aromatic carbocycles. The predicted octanol–water partition coefficient (Wildman–Crippen LogP) is 3.59. The molecule has 206 valence electrons. The van der Waals surface area contributed by atoms with Gasteiger partial charge < -0.3 is 20.9 Å². The van der Waals surface area contributed by atoms with Crippen LogP contribution < -0.4 is 11.1 Å². The Bertz CT molecular complexity index is 1350. The van der Waals surface area contributed by atoms with E-state index in [0.717, 1.165) is 6.07 Å². The van der Waals surface area contributed by atoms with Crippen LogP contribution in [0.3, 0.4) is 0 Å². The van der Waals surface area contributed by atoms with Gasteiger partial charge in [0.25, 0.3) is 5.91 Å². The van der Waals surface area contributed by atoms with Gasteiger partial charge in [0.1, 0.15) is 12.6 Å². The number of fused-ring (bicyclic) bond motifs is 2. The van der Waals surface area contributed by atoms with Gasteiger partial charge in [0.15, 0.2) is 27.3 Å². The molecule has 38 heavy (non-hydrogen) atoms. The summed E-state index contributed by atoms with van der Waals surface area (Å²) in [7, 11) is -4.09. The Morgan fingerprint density at radius 1 is 1.16 bits per heavy atom. The first-order chi connectivity index (χ1) is 17.7. The van der Waals surface area contributed by atoms with Crippen LogP contribution in [-0.2, 0) is 19.4 Å². The lowest BCUT2D eigenvalue weighted by Crippen LogP contribution is -2.49. The monoisotopic (exact) mass is 574 g/mol. The van der Waals surface area contributed by atoms with E-state index in [9.17, 15) is 36.3 Å². The van der Waals surface area contributed by atoms with Crippen LogP contribution >= 0.6 is 11.6 Å². The summed E-state index contributed by atoms with van der Waals surface area (Å²) >= 11 is 6.24. The lowest BCUT2D eigenvalue weighted by molar-refractivity contribution is -0.156. The Labute approximate surface area is 222 Å². The van der Waals surface area contributed by atoms with E-state index in [4.69, 9.17) is 22.1 Å². The Morgan fingerprint density at radius 2 is 1.74 bits per heavy atom. The van der Waals surface area contributed by atoms with Crippen molar-refractivity contribution >= 4 is 39.0 Å². The first kappa shape index (κ1) is 28.3. The van der Waals surface area contributed by atoms with Gasteiger partial charge >= 0.3 is 5.97 Å². The summed E-state index contributed by atoms with van der Waals surface area (Å²) in [6, 6.07) is 3.87. The van der Waals surface area contributed by atoms with Gasteiger partial charge in [0.2, 0.25) is 0 Å². The fourth-order valence-corrected chi connectivity index (χ4v) is 8.28. The van der Waals surface area contributed by atoms with Gasteiger partial charge in [0.05, 0.1) is 20.8 Å². The highest BCUT2D eigenvalue weighted by Crippen LogP contribution is 2.51. The van der Waals surface area contributed by atoms with Gasteiger partial charge in [-0.3, -0.25) is 9.59 Å². The number of halogens is 4. The molecule has 2 fully saturated rings. The molecule has 2 bridgehead atoms. The molecule has 4 N–H and O–H groups in total. The zero-order valence-electron chi connectivity index (χ0n) is 20.2. The Morgan fingerprint density at radius 3 is 2.29 bits per heavy atom. The number of nitrogens with two attached hydrogens (primary N) is 1. The fourth-order valence-electron chi connectivity index (χ4n) is 5.44. The van der Waals surface area contributed by atoms with E-state index in [-0.39, 0.29) is 40.6 Å². The summed E-state index contributed by atoms with van der Waals surface area (Å²) in [4.78, 5) is 24.2.